The number of hydrogen-bond acceptors (Lipinski definition) is 4. The third-order valence-corrected chi connectivity index (χ3v) is 6.72. The van der Waals surface area contributed by atoms with Crippen molar-refractivity contribution in [2.45, 2.75) is 30.6 Å². The number of carbonyl (C=O) groups is 1. The fourth-order valence-electron chi connectivity index (χ4n) is 3.20. The lowest BCUT2D eigenvalue weighted by atomic mass is 10.2. The summed E-state index contributed by atoms with van der Waals surface area (Å²) in [7, 11) is -2.10. The topological polar surface area (TPSA) is 66.9 Å². The number of hydrogen-bond donors (Lipinski definition) is 0. The normalized spacial score (nSPS) is 15.0. The summed E-state index contributed by atoms with van der Waals surface area (Å²) < 4.78 is 32.2. The number of nitrogens with zero attached hydrogens (tertiary/aromatic N) is 2. The zero-order chi connectivity index (χ0) is 20.0. The van der Waals surface area contributed by atoms with Crippen LogP contribution in [0.15, 0.2) is 59.5 Å². The molecular weight excluding hydrogens is 376 g/mol. The molecule has 1 aliphatic rings. The molecule has 7 heteroatoms. The molecule has 0 unspecified atom stereocenters. The second-order valence-electron chi connectivity index (χ2n) is 6.86. The lowest BCUT2D eigenvalue weighted by Gasteiger charge is -2.21. The van der Waals surface area contributed by atoms with Crippen LogP contribution < -0.4 is 9.04 Å². The Labute approximate surface area is 166 Å². The minimum atomic E-state index is -3.62. The van der Waals surface area contributed by atoms with E-state index in [4.69, 9.17) is 4.74 Å². The molecule has 3 rings (SSSR count). The number of rotatable bonds is 6. The Morgan fingerprint density at radius 2 is 1.57 bits per heavy atom. The first-order valence-corrected chi connectivity index (χ1v) is 11.0. The van der Waals surface area contributed by atoms with Crippen molar-refractivity contribution >= 4 is 21.6 Å². The molecule has 1 heterocycles. The zero-order valence-electron chi connectivity index (χ0n) is 16.1. The Balaban J connectivity index is 1.61. The number of likely N-dealkylation sites (tertiary alicyclic amines) is 1. The van der Waals surface area contributed by atoms with Gasteiger partial charge >= 0.3 is 0 Å². The average Bonchev–Trinajstić information content (AvgIpc) is 3.02. The lowest BCUT2D eigenvalue weighted by molar-refractivity contribution is -0.133. The van der Waals surface area contributed by atoms with Gasteiger partial charge in [0.1, 0.15) is 5.75 Å². The van der Waals surface area contributed by atoms with Crippen molar-refractivity contribution in [2.24, 2.45) is 0 Å². The largest absolute Gasteiger partial charge is 0.484 e. The molecule has 28 heavy (non-hydrogen) atoms. The van der Waals surface area contributed by atoms with Gasteiger partial charge in [0.25, 0.3) is 15.9 Å². The number of sulfonamides is 1. The summed E-state index contributed by atoms with van der Waals surface area (Å²) in [5, 5.41) is 0. The Bertz CT molecular complexity index is 874. The standard InChI is InChI=1S/C21H26N2O4S/c1-22(28(25,26)20-9-5-4-6-10-20)18-11-13-19(14-12-18)27-17-21(24)23-15-7-2-3-8-16-23/h4-6,9-14H,2-3,7-8,15-17H2,1H3. The summed E-state index contributed by atoms with van der Waals surface area (Å²) >= 11 is 0. The van der Waals surface area contributed by atoms with E-state index < -0.39 is 10.0 Å². The molecule has 6 nitrogen and oxygen atoms in total. The minimum Gasteiger partial charge on any atom is -0.484 e. The maximum Gasteiger partial charge on any atom is 0.264 e. The van der Waals surface area contributed by atoms with E-state index in [1.807, 2.05) is 4.90 Å². The van der Waals surface area contributed by atoms with Crippen LogP contribution >= 0.6 is 0 Å². The number of ether oxygens (including phenoxy) is 1. The molecule has 0 radical (unpaired) electrons. The summed E-state index contributed by atoms with van der Waals surface area (Å²) in [5.74, 6) is 0.534. The molecule has 1 aliphatic heterocycles. The van der Waals surface area contributed by atoms with Gasteiger partial charge in [-0.05, 0) is 49.2 Å². The van der Waals surface area contributed by atoms with Crippen LogP contribution in [0.5, 0.6) is 5.75 Å². The van der Waals surface area contributed by atoms with Gasteiger partial charge in [-0.2, -0.15) is 0 Å². The van der Waals surface area contributed by atoms with E-state index in [-0.39, 0.29) is 17.4 Å². The first-order valence-electron chi connectivity index (χ1n) is 9.53. The summed E-state index contributed by atoms with van der Waals surface area (Å²) in [6, 6.07) is 15.0. The molecule has 1 amide bonds. The monoisotopic (exact) mass is 402 g/mol. The highest BCUT2D eigenvalue weighted by molar-refractivity contribution is 7.92. The van der Waals surface area contributed by atoms with Crippen LogP contribution in [0.4, 0.5) is 5.69 Å². The van der Waals surface area contributed by atoms with Crippen LogP contribution in [0.3, 0.4) is 0 Å². The van der Waals surface area contributed by atoms with Gasteiger partial charge in [-0.3, -0.25) is 9.10 Å². The Hall–Kier alpha value is -2.54. The fraction of sp³-hybridized carbons (Fsp3) is 0.381. The van der Waals surface area contributed by atoms with Gasteiger partial charge in [0.05, 0.1) is 10.6 Å². The molecule has 0 saturated carbocycles. The maximum absolute atomic E-state index is 12.7. The number of amides is 1. The van der Waals surface area contributed by atoms with Crippen LogP contribution in [0.1, 0.15) is 25.7 Å². The molecule has 0 spiro atoms. The summed E-state index contributed by atoms with van der Waals surface area (Å²) in [5.41, 5.74) is 0.523. The van der Waals surface area contributed by atoms with Gasteiger partial charge in [-0.1, -0.05) is 31.0 Å². The third-order valence-electron chi connectivity index (χ3n) is 4.92. The van der Waals surface area contributed by atoms with Crippen molar-refractivity contribution in [1.29, 1.82) is 0 Å². The van der Waals surface area contributed by atoms with E-state index in [9.17, 15) is 13.2 Å². The fourth-order valence-corrected chi connectivity index (χ4v) is 4.41. The smallest absolute Gasteiger partial charge is 0.264 e. The van der Waals surface area contributed by atoms with E-state index in [1.54, 1.807) is 54.6 Å². The van der Waals surface area contributed by atoms with Crippen molar-refractivity contribution in [3.8, 4) is 5.75 Å². The second kappa shape index (κ2) is 9.10. The molecule has 2 aromatic rings. The van der Waals surface area contributed by atoms with Crippen molar-refractivity contribution in [2.75, 3.05) is 31.0 Å². The Morgan fingerprint density at radius 3 is 2.18 bits per heavy atom. The van der Waals surface area contributed by atoms with Crippen LogP contribution in [0.25, 0.3) is 0 Å². The van der Waals surface area contributed by atoms with Crippen molar-refractivity contribution < 1.29 is 17.9 Å². The molecule has 150 valence electrons. The quantitative estimate of drug-likeness (QED) is 0.744. The van der Waals surface area contributed by atoms with E-state index in [2.05, 4.69) is 0 Å². The SMILES string of the molecule is CN(c1ccc(OCC(=O)N2CCCCCC2)cc1)S(=O)(=O)c1ccccc1. The molecule has 0 aliphatic carbocycles. The molecule has 0 N–H and O–H groups in total. The average molecular weight is 403 g/mol. The highest BCUT2D eigenvalue weighted by Gasteiger charge is 2.21. The minimum absolute atomic E-state index is 0.00248. The van der Waals surface area contributed by atoms with Crippen LogP contribution in [0.2, 0.25) is 0 Å². The molecule has 0 aromatic heterocycles. The van der Waals surface area contributed by atoms with E-state index in [1.165, 1.54) is 24.2 Å². The van der Waals surface area contributed by atoms with Gasteiger partial charge < -0.3 is 9.64 Å². The molecule has 0 bridgehead atoms. The number of anilines is 1. The molecule has 1 saturated heterocycles. The molecular formula is C21H26N2O4S. The zero-order valence-corrected chi connectivity index (χ0v) is 16.9. The van der Waals surface area contributed by atoms with Gasteiger partial charge in [0, 0.05) is 20.1 Å². The summed E-state index contributed by atoms with van der Waals surface area (Å²) in [6.45, 7) is 1.59. The Kier molecular flexibility index (Phi) is 6.57. The van der Waals surface area contributed by atoms with Crippen molar-refractivity contribution in [3.05, 3.63) is 54.6 Å². The van der Waals surface area contributed by atoms with E-state index >= 15 is 0 Å². The van der Waals surface area contributed by atoms with E-state index in [0.717, 1.165) is 25.9 Å². The van der Waals surface area contributed by atoms with E-state index in [0.29, 0.717) is 11.4 Å². The highest BCUT2D eigenvalue weighted by atomic mass is 32.2. The van der Waals surface area contributed by atoms with Crippen molar-refractivity contribution in [1.82, 2.24) is 4.90 Å². The second-order valence-corrected chi connectivity index (χ2v) is 8.83. The Morgan fingerprint density at radius 1 is 0.964 bits per heavy atom. The number of carbonyl (C=O) groups excluding carboxylic acids is 1. The first kappa shape index (κ1) is 20.2. The first-order chi connectivity index (χ1) is 13.5. The van der Waals surface area contributed by atoms with Crippen molar-refractivity contribution in [3.63, 3.8) is 0 Å². The van der Waals surface area contributed by atoms with Gasteiger partial charge in [0.15, 0.2) is 6.61 Å². The van der Waals surface area contributed by atoms with Gasteiger partial charge in [-0.25, -0.2) is 8.42 Å². The summed E-state index contributed by atoms with van der Waals surface area (Å²) in [6.07, 6.45) is 4.43. The molecule has 0 atom stereocenters. The lowest BCUT2D eigenvalue weighted by Crippen LogP contribution is -2.35. The van der Waals surface area contributed by atoms with Crippen LogP contribution in [0, 0.1) is 0 Å². The number of benzene rings is 2. The van der Waals surface area contributed by atoms with Crippen LogP contribution in [-0.2, 0) is 14.8 Å². The predicted molar refractivity (Wildman–Crippen MR) is 109 cm³/mol. The molecule has 1 fully saturated rings. The molecule has 2 aromatic carbocycles. The predicted octanol–water partition coefficient (Wildman–Crippen LogP) is 3.29. The van der Waals surface area contributed by atoms with Gasteiger partial charge in [0.2, 0.25) is 0 Å². The van der Waals surface area contributed by atoms with Gasteiger partial charge in [-0.15, -0.1) is 0 Å². The third kappa shape index (κ3) is 4.84. The maximum atomic E-state index is 12.7. The highest BCUT2D eigenvalue weighted by Crippen LogP contribution is 2.24. The van der Waals surface area contributed by atoms with Crippen LogP contribution in [-0.4, -0.2) is 46.0 Å². The summed E-state index contributed by atoms with van der Waals surface area (Å²) in [4.78, 5) is 14.4.